The number of piperazine rings is 1. The summed E-state index contributed by atoms with van der Waals surface area (Å²) < 4.78 is 13.3. The van der Waals surface area contributed by atoms with Gasteiger partial charge in [0.05, 0.1) is 0 Å². The lowest BCUT2D eigenvalue weighted by Gasteiger charge is -2.34. The van der Waals surface area contributed by atoms with E-state index in [-0.39, 0.29) is 6.04 Å². The van der Waals surface area contributed by atoms with E-state index in [2.05, 4.69) is 5.32 Å². The van der Waals surface area contributed by atoms with Gasteiger partial charge in [0.1, 0.15) is 0 Å². The van der Waals surface area contributed by atoms with Crippen molar-refractivity contribution in [2.45, 2.75) is 32.5 Å². The third-order valence-corrected chi connectivity index (χ3v) is 2.16. The molecule has 13 heavy (non-hydrogen) atoms. The fourth-order valence-electron chi connectivity index (χ4n) is 1.49. The lowest BCUT2D eigenvalue weighted by atomic mass is 10.1. The number of carbonyl (C=O) groups excluding carboxylic acids is 1. The number of amides is 1. The van der Waals surface area contributed by atoms with Crippen LogP contribution in [0.15, 0.2) is 0 Å². The van der Waals surface area contributed by atoms with Crippen molar-refractivity contribution in [3.8, 4) is 0 Å². The van der Waals surface area contributed by atoms with Crippen molar-refractivity contribution in [3.63, 3.8) is 0 Å². The average Bonchev–Trinajstić information content (AvgIpc) is 2.01. The first-order valence-electron chi connectivity index (χ1n) is 4.63. The van der Waals surface area contributed by atoms with Gasteiger partial charge in [0.25, 0.3) is 5.91 Å². The van der Waals surface area contributed by atoms with E-state index < -0.39 is 11.6 Å². The lowest BCUT2D eigenvalue weighted by molar-refractivity contribution is -0.143. The van der Waals surface area contributed by atoms with Crippen molar-refractivity contribution >= 4 is 5.91 Å². The second-order valence-corrected chi connectivity index (χ2v) is 4.08. The van der Waals surface area contributed by atoms with Crippen molar-refractivity contribution in [1.29, 1.82) is 0 Å². The molecule has 1 heterocycles. The highest BCUT2D eigenvalue weighted by molar-refractivity contribution is 5.84. The Morgan fingerprint density at radius 3 is 2.69 bits per heavy atom. The zero-order valence-electron chi connectivity index (χ0n) is 8.43. The van der Waals surface area contributed by atoms with Gasteiger partial charge >= 0.3 is 0 Å². The van der Waals surface area contributed by atoms with Crippen LogP contribution in [-0.2, 0) is 4.79 Å². The molecule has 1 rings (SSSR count). The SMILES string of the molecule is C[C@@H]1CN(C(=O)C(C)(C)F)CCN1. The van der Waals surface area contributed by atoms with Crippen molar-refractivity contribution in [3.05, 3.63) is 0 Å². The number of halogens is 1. The van der Waals surface area contributed by atoms with E-state index in [1.165, 1.54) is 13.8 Å². The van der Waals surface area contributed by atoms with Crippen molar-refractivity contribution in [2.24, 2.45) is 0 Å². The summed E-state index contributed by atoms with van der Waals surface area (Å²) in [5.41, 5.74) is -1.74. The van der Waals surface area contributed by atoms with Crippen LogP contribution in [0.5, 0.6) is 0 Å². The van der Waals surface area contributed by atoms with Gasteiger partial charge in [-0.15, -0.1) is 0 Å². The van der Waals surface area contributed by atoms with E-state index in [1.807, 2.05) is 6.92 Å². The molecule has 76 valence electrons. The third-order valence-electron chi connectivity index (χ3n) is 2.16. The Bertz CT molecular complexity index is 200. The first-order chi connectivity index (χ1) is 5.91. The largest absolute Gasteiger partial charge is 0.337 e. The fourth-order valence-corrected chi connectivity index (χ4v) is 1.49. The number of hydrogen-bond acceptors (Lipinski definition) is 2. The summed E-state index contributed by atoms with van der Waals surface area (Å²) in [6.45, 7) is 6.57. The molecule has 0 aromatic carbocycles. The summed E-state index contributed by atoms with van der Waals surface area (Å²) in [6.07, 6.45) is 0. The molecule has 0 unspecified atom stereocenters. The molecule has 0 saturated carbocycles. The highest BCUT2D eigenvalue weighted by atomic mass is 19.1. The minimum atomic E-state index is -1.74. The van der Waals surface area contributed by atoms with E-state index >= 15 is 0 Å². The zero-order valence-corrected chi connectivity index (χ0v) is 8.43. The standard InChI is InChI=1S/C9H17FN2O/c1-7-6-12(5-4-11-7)8(13)9(2,3)10/h7,11H,4-6H2,1-3H3/t7-/m1/s1. The van der Waals surface area contributed by atoms with Crippen LogP contribution in [0, 0.1) is 0 Å². The minimum absolute atomic E-state index is 0.264. The molecule has 1 amide bonds. The highest BCUT2D eigenvalue weighted by Gasteiger charge is 2.33. The maximum Gasteiger partial charge on any atom is 0.259 e. The first kappa shape index (κ1) is 10.4. The molecule has 1 N–H and O–H groups in total. The molecule has 0 bridgehead atoms. The minimum Gasteiger partial charge on any atom is -0.337 e. The Morgan fingerprint density at radius 2 is 2.23 bits per heavy atom. The Labute approximate surface area is 78.3 Å². The van der Waals surface area contributed by atoms with Gasteiger partial charge in [-0.2, -0.15) is 0 Å². The number of hydrogen-bond donors (Lipinski definition) is 1. The van der Waals surface area contributed by atoms with Crippen LogP contribution in [-0.4, -0.2) is 42.2 Å². The van der Waals surface area contributed by atoms with Crippen LogP contribution >= 0.6 is 0 Å². The van der Waals surface area contributed by atoms with Crippen LogP contribution in [0.2, 0.25) is 0 Å². The average molecular weight is 188 g/mol. The van der Waals surface area contributed by atoms with Gasteiger partial charge in [0.2, 0.25) is 0 Å². The maximum atomic E-state index is 13.3. The van der Waals surface area contributed by atoms with E-state index in [9.17, 15) is 9.18 Å². The van der Waals surface area contributed by atoms with Crippen LogP contribution in [0.3, 0.4) is 0 Å². The molecular formula is C9H17FN2O. The molecule has 1 aliphatic rings. The predicted molar refractivity (Wildman–Crippen MR) is 49.2 cm³/mol. The van der Waals surface area contributed by atoms with Crippen LogP contribution < -0.4 is 5.32 Å². The molecule has 4 heteroatoms. The number of carbonyl (C=O) groups is 1. The first-order valence-corrected chi connectivity index (χ1v) is 4.63. The summed E-state index contributed by atoms with van der Waals surface area (Å²) in [5.74, 6) is -0.402. The molecule has 0 aromatic heterocycles. The number of nitrogens with one attached hydrogen (secondary N) is 1. The van der Waals surface area contributed by atoms with E-state index in [1.54, 1.807) is 4.90 Å². The van der Waals surface area contributed by atoms with Crippen LogP contribution in [0.25, 0.3) is 0 Å². The van der Waals surface area contributed by atoms with Gasteiger partial charge in [-0.05, 0) is 20.8 Å². The molecular weight excluding hydrogens is 171 g/mol. The van der Waals surface area contributed by atoms with Crippen LogP contribution in [0.4, 0.5) is 4.39 Å². The van der Waals surface area contributed by atoms with Crippen LogP contribution in [0.1, 0.15) is 20.8 Å². The molecule has 0 aliphatic carbocycles. The molecule has 1 aliphatic heterocycles. The van der Waals surface area contributed by atoms with Crippen molar-refractivity contribution in [2.75, 3.05) is 19.6 Å². The van der Waals surface area contributed by atoms with Gasteiger partial charge in [-0.25, -0.2) is 4.39 Å². The van der Waals surface area contributed by atoms with E-state index in [0.29, 0.717) is 13.1 Å². The molecule has 0 radical (unpaired) electrons. The van der Waals surface area contributed by atoms with Gasteiger partial charge in [0.15, 0.2) is 5.67 Å². The third kappa shape index (κ3) is 2.66. The molecule has 0 spiro atoms. The summed E-state index contributed by atoms with van der Waals surface area (Å²) >= 11 is 0. The number of nitrogens with zero attached hydrogens (tertiary/aromatic N) is 1. The second kappa shape index (κ2) is 3.62. The van der Waals surface area contributed by atoms with Gasteiger partial charge in [0, 0.05) is 25.7 Å². The van der Waals surface area contributed by atoms with Crippen molar-refractivity contribution < 1.29 is 9.18 Å². The molecule has 3 nitrogen and oxygen atoms in total. The normalized spacial score (nSPS) is 24.6. The van der Waals surface area contributed by atoms with E-state index in [0.717, 1.165) is 6.54 Å². The maximum absolute atomic E-state index is 13.3. The zero-order chi connectivity index (χ0) is 10.1. The van der Waals surface area contributed by atoms with Crippen molar-refractivity contribution in [1.82, 2.24) is 10.2 Å². The summed E-state index contributed by atoms with van der Waals surface area (Å²) in [7, 11) is 0. The quantitative estimate of drug-likeness (QED) is 0.652. The highest BCUT2D eigenvalue weighted by Crippen LogP contribution is 2.14. The smallest absolute Gasteiger partial charge is 0.259 e. The Kier molecular flexibility index (Phi) is 2.91. The summed E-state index contributed by atoms with van der Waals surface area (Å²) in [6, 6.07) is 0.264. The Hall–Kier alpha value is -0.640. The van der Waals surface area contributed by atoms with Gasteiger partial charge in [-0.1, -0.05) is 0 Å². The fraction of sp³-hybridized carbons (Fsp3) is 0.889. The van der Waals surface area contributed by atoms with Gasteiger partial charge < -0.3 is 10.2 Å². The molecule has 1 atom stereocenters. The Balaban J connectivity index is 2.56. The monoisotopic (exact) mass is 188 g/mol. The Morgan fingerprint density at radius 1 is 1.62 bits per heavy atom. The number of alkyl halides is 1. The number of rotatable bonds is 1. The molecule has 0 aromatic rings. The topological polar surface area (TPSA) is 32.3 Å². The molecule has 1 fully saturated rings. The van der Waals surface area contributed by atoms with Gasteiger partial charge in [-0.3, -0.25) is 4.79 Å². The molecule has 1 saturated heterocycles. The van der Waals surface area contributed by atoms with E-state index in [4.69, 9.17) is 0 Å². The summed E-state index contributed by atoms with van der Waals surface area (Å²) in [4.78, 5) is 13.1. The lowest BCUT2D eigenvalue weighted by Crippen LogP contribution is -2.55. The predicted octanol–water partition coefficient (Wildman–Crippen LogP) is 0.555. The summed E-state index contributed by atoms with van der Waals surface area (Å²) in [5, 5.41) is 3.20. The second-order valence-electron chi connectivity index (χ2n) is 4.08.